The van der Waals surface area contributed by atoms with Crippen LogP contribution in [0, 0.1) is 5.92 Å². The zero-order valence-electron chi connectivity index (χ0n) is 11.1. The van der Waals surface area contributed by atoms with Crippen molar-refractivity contribution in [3.05, 3.63) is 35.4 Å². The van der Waals surface area contributed by atoms with Crippen molar-refractivity contribution >= 4 is 0 Å². The first-order chi connectivity index (χ1) is 7.63. The lowest BCUT2D eigenvalue weighted by Crippen LogP contribution is -2.19. The zero-order chi connectivity index (χ0) is 12.0. The van der Waals surface area contributed by atoms with Crippen LogP contribution in [0.5, 0.6) is 0 Å². The van der Waals surface area contributed by atoms with Crippen LogP contribution in [-0.2, 0) is 6.42 Å². The lowest BCUT2D eigenvalue weighted by atomic mass is 9.99. The van der Waals surface area contributed by atoms with E-state index in [9.17, 15) is 0 Å². The average molecular weight is 219 g/mol. The Labute approximate surface area is 100 Å². The molecule has 90 valence electrons. The molecule has 1 atom stereocenters. The Bertz CT molecular complexity index is 304. The quantitative estimate of drug-likeness (QED) is 0.764. The number of rotatable bonds is 6. The summed E-state index contributed by atoms with van der Waals surface area (Å²) in [4.78, 5) is 0. The summed E-state index contributed by atoms with van der Waals surface area (Å²) in [6.07, 6.45) is 2.37. The van der Waals surface area contributed by atoms with Gasteiger partial charge in [-0.15, -0.1) is 0 Å². The zero-order valence-corrected chi connectivity index (χ0v) is 11.1. The molecule has 1 aromatic rings. The van der Waals surface area contributed by atoms with Gasteiger partial charge in [0.25, 0.3) is 0 Å². The number of nitrogens with one attached hydrogen (secondary N) is 1. The van der Waals surface area contributed by atoms with Crippen LogP contribution in [0.4, 0.5) is 0 Å². The molecule has 1 unspecified atom stereocenters. The predicted octanol–water partition coefficient (Wildman–Crippen LogP) is 3.95. The van der Waals surface area contributed by atoms with E-state index in [4.69, 9.17) is 0 Å². The first kappa shape index (κ1) is 13.2. The minimum Gasteiger partial charge on any atom is -0.310 e. The van der Waals surface area contributed by atoms with Gasteiger partial charge in [0.05, 0.1) is 0 Å². The molecular formula is C15H25N. The van der Waals surface area contributed by atoms with Gasteiger partial charge in [-0.25, -0.2) is 0 Å². The summed E-state index contributed by atoms with van der Waals surface area (Å²) < 4.78 is 0. The summed E-state index contributed by atoms with van der Waals surface area (Å²) in [6.45, 7) is 10.1. The van der Waals surface area contributed by atoms with E-state index in [0.717, 1.165) is 12.5 Å². The van der Waals surface area contributed by atoms with E-state index in [2.05, 4.69) is 57.3 Å². The fraction of sp³-hybridized carbons (Fsp3) is 0.600. The van der Waals surface area contributed by atoms with Crippen LogP contribution in [0.3, 0.4) is 0 Å². The maximum absolute atomic E-state index is 3.53. The Balaban J connectivity index is 2.65. The van der Waals surface area contributed by atoms with Crippen molar-refractivity contribution in [2.75, 3.05) is 6.54 Å². The van der Waals surface area contributed by atoms with Crippen molar-refractivity contribution in [2.45, 2.75) is 46.6 Å². The summed E-state index contributed by atoms with van der Waals surface area (Å²) >= 11 is 0. The molecule has 0 aliphatic heterocycles. The Morgan fingerprint density at radius 1 is 1.19 bits per heavy atom. The third-order valence-electron chi connectivity index (χ3n) is 2.80. The van der Waals surface area contributed by atoms with E-state index in [1.165, 1.54) is 24.0 Å². The van der Waals surface area contributed by atoms with Crippen molar-refractivity contribution in [2.24, 2.45) is 5.92 Å². The van der Waals surface area contributed by atoms with Crippen LogP contribution in [0.2, 0.25) is 0 Å². The molecule has 1 heteroatoms. The Morgan fingerprint density at radius 3 is 2.56 bits per heavy atom. The molecule has 1 nitrogen and oxygen atoms in total. The van der Waals surface area contributed by atoms with Crippen molar-refractivity contribution < 1.29 is 0 Å². The van der Waals surface area contributed by atoms with E-state index in [1.807, 2.05) is 0 Å². The molecule has 0 radical (unpaired) electrons. The van der Waals surface area contributed by atoms with Crippen molar-refractivity contribution in [3.8, 4) is 0 Å². The predicted molar refractivity (Wildman–Crippen MR) is 71.7 cm³/mol. The highest BCUT2D eigenvalue weighted by molar-refractivity contribution is 5.26. The Kier molecular flexibility index (Phi) is 5.54. The van der Waals surface area contributed by atoms with Gasteiger partial charge in [-0.05, 0) is 43.4 Å². The van der Waals surface area contributed by atoms with Crippen LogP contribution < -0.4 is 5.32 Å². The highest BCUT2D eigenvalue weighted by Crippen LogP contribution is 2.16. The van der Waals surface area contributed by atoms with Crippen LogP contribution in [0.1, 0.15) is 51.3 Å². The SMILES string of the molecule is CCCNC(C)c1cccc(CC(C)C)c1. The number of benzene rings is 1. The van der Waals surface area contributed by atoms with Gasteiger partial charge in [0.2, 0.25) is 0 Å². The van der Waals surface area contributed by atoms with Gasteiger partial charge in [-0.3, -0.25) is 0 Å². The first-order valence-corrected chi connectivity index (χ1v) is 6.45. The normalized spacial score (nSPS) is 13.1. The fourth-order valence-corrected chi connectivity index (χ4v) is 1.94. The second kappa shape index (κ2) is 6.70. The molecule has 0 aromatic heterocycles. The van der Waals surface area contributed by atoms with Gasteiger partial charge in [0.1, 0.15) is 0 Å². The maximum atomic E-state index is 3.53. The molecule has 0 amide bonds. The van der Waals surface area contributed by atoms with E-state index in [0.29, 0.717) is 6.04 Å². The molecule has 0 bridgehead atoms. The highest BCUT2D eigenvalue weighted by atomic mass is 14.9. The van der Waals surface area contributed by atoms with Crippen molar-refractivity contribution in [1.82, 2.24) is 5.32 Å². The van der Waals surface area contributed by atoms with Crippen LogP contribution >= 0.6 is 0 Å². The molecule has 0 saturated carbocycles. The molecule has 1 aromatic carbocycles. The molecule has 0 saturated heterocycles. The molecular weight excluding hydrogens is 194 g/mol. The summed E-state index contributed by atoms with van der Waals surface area (Å²) in [5.74, 6) is 0.731. The largest absolute Gasteiger partial charge is 0.310 e. The third-order valence-corrected chi connectivity index (χ3v) is 2.80. The van der Waals surface area contributed by atoms with E-state index >= 15 is 0 Å². The number of hydrogen-bond donors (Lipinski definition) is 1. The molecule has 0 aliphatic carbocycles. The lowest BCUT2D eigenvalue weighted by Gasteiger charge is -2.15. The Morgan fingerprint density at radius 2 is 1.94 bits per heavy atom. The summed E-state index contributed by atoms with van der Waals surface area (Å²) in [5, 5.41) is 3.53. The topological polar surface area (TPSA) is 12.0 Å². The lowest BCUT2D eigenvalue weighted by molar-refractivity contribution is 0.569. The first-order valence-electron chi connectivity index (χ1n) is 6.45. The Hall–Kier alpha value is -0.820. The van der Waals surface area contributed by atoms with Crippen LogP contribution in [-0.4, -0.2) is 6.54 Å². The fourth-order valence-electron chi connectivity index (χ4n) is 1.94. The average Bonchev–Trinajstić information content (AvgIpc) is 2.25. The molecule has 1 N–H and O–H groups in total. The van der Waals surface area contributed by atoms with Crippen LogP contribution in [0.15, 0.2) is 24.3 Å². The molecule has 0 fully saturated rings. The van der Waals surface area contributed by atoms with Crippen LogP contribution in [0.25, 0.3) is 0 Å². The molecule has 16 heavy (non-hydrogen) atoms. The van der Waals surface area contributed by atoms with Gasteiger partial charge >= 0.3 is 0 Å². The standard InChI is InChI=1S/C15H25N/c1-5-9-16-13(4)15-8-6-7-14(11-15)10-12(2)3/h6-8,11-13,16H,5,9-10H2,1-4H3. The summed E-state index contributed by atoms with van der Waals surface area (Å²) in [7, 11) is 0. The van der Waals surface area contributed by atoms with Gasteiger partial charge in [-0.1, -0.05) is 45.0 Å². The van der Waals surface area contributed by atoms with Gasteiger partial charge < -0.3 is 5.32 Å². The second-order valence-corrected chi connectivity index (χ2v) is 5.02. The van der Waals surface area contributed by atoms with E-state index in [1.54, 1.807) is 0 Å². The second-order valence-electron chi connectivity index (χ2n) is 5.02. The number of hydrogen-bond acceptors (Lipinski definition) is 1. The third kappa shape index (κ3) is 4.36. The summed E-state index contributed by atoms with van der Waals surface area (Å²) in [6, 6.07) is 9.43. The van der Waals surface area contributed by atoms with Gasteiger partial charge in [-0.2, -0.15) is 0 Å². The van der Waals surface area contributed by atoms with E-state index in [-0.39, 0.29) is 0 Å². The summed E-state index contributed by atoms with van der Waals surface area (Å²) in [5.41, 5.74) is 2.87. The van der Waals surface area contributed by atoms with Crippen molar-refractivity contribution in [1.29, 1.82) is 0 Å². The molecule has 1 rings (SSSR count). The van der Waals surface area contributed by atoms with Gasteiger partial charge in [0.15, 0.2) is 0 Å². The molecule has 0 aliphatic rings. The van der Waals surface area contributed by atoms with E-state index < -0.39 is 0 Å². The monoisotopic (exact) mass is 219 g/mol. The molecule has 0 spiro atoms. The smallest absolute Gasteiger partial charge is 0.0291 e. The minimum atomic E-state index is 0.465. The highest BCUT2D eigenvalue weighted by Gasteiger charge is 2.05. The molecule has 0 heterocycles. The van der Waals surface area contributed by atoms with Crippen molar-refractivity contribution in [3.63, 3.8) is 0 Å². The minimum absolute atomic E-state index is 0.465. The maximum Gasteiger partial charge on any atom is 0.0291 e. The van der Waals surface area contributed by atoms with Gasteiger partial charge in [0, 0.05) is 6.04 Å².